The molecule has 0 amide bonds. The van der Waals surface area contributed by atoms with Crippen molar-refractivity contribution in [3.63, 3.8) is 0 Å². The van der Waals surface area contributed by atoms with E-state index in [4.69, 9.17) is 0 Å². The van der Waals surface area contributed by atoms with Crippen LogP contribution in [-0.2, 0) is 34.0 Å². The highest BCUT2D eigenvalue weighted by molar-refractivity contribution is 7.90. The Labute approximate surface area is 221 Å². The third-order valence-corrected chi connectivity index (χ3v) is 9.03. The van der Waals surface area contributed by atoms with Crippen LogP contribution in [0.1, 0.15) is 66.7 Å². The number of ketones is 1. The Morgan fingerprint density at radius 2 is 1.84 bits per heavy atom. The smallest absolute Gasteiger partial charge is 0.250 e. The molecule has 0 aliphatic carbocycles. The van der Waals surface area contributed by atoms with Gasteiger partial charge in [0.05, 0.1) is 11.8 Å². The fourth-order valence-electron chi connectivity index (χ4n) is 3.94. The van der Waals surface area contributed by atoms with Gasteiger partial charge in [-0.1, -0.05) is 32.4 Å². The zero-order valence-electron chi connectivity index (χ0n) is 21.6. The van der Waals surface area contributed by atoms with E-state index in [1.807, 2.05) is 13.8 Å². The quantitative estimate of drug-likeness (QED) is 0.273. The number of nitrogens with zero attached hydrogens (tertiary/aromatic N) is 2. The first-order valence-electron chi connectivity index (χ1n) is 12.2. The number of hydrogen-bond acceptors (Lipinski definition) is 7. The van der Waals surface area contributed by atoms with E-state index < -0.39 is 27.2 Å². The Hall–Kier alpha value is -2.79. The first-order chi connectivity index (χ1) is 17.6. The molecule has 198 valence electrons. The fraction of sp³-hybridized carbons (Fsp3) is 0.370. The second-order valence-electron chi connectivity index (χ2n) is 8.96. The van der Waals surface area contributed by atoms with Crippen LogP contribution < -0.4 is 10.3 Å². The summed E-state index contributed by atoms with van der Waals surface area (Å²) in [5.41, 5.74) is 2.75. The van der Waals surface area contributed by atoms with Crippen LogP contribution in [0.5, 0.6) is 0 Å². The molecule has 3 rings (SSSR count). The van der Waals surface area contributed by atoms with Gasteiger partial charge in [-0.3, -0.25) is 14.6 Å². The van der Waals surface area contributed by atoms with Gasteiger partial charge in [0.1, 0.15) is 5.75 Å². The molecule has 0 spiro atoms. The summed E-state index contributed by atoms with van der Waals surface area (Å²) in [7, 11) is -1.71. The van der Waals surface area contributed by atoms with Gasteiger partial charge in [0.25, 0.3) is 5.56 Å². The highest BCUT2D eigenvalue weighted by Gasteiger charge is 2.23. The van der Waals surface area contributed by atoms with Gasteiger partial charge in [-0.15, -0.1) is 4.72 Å². The maximum Gasteiger partial charge on any atom is 0.250 e. The van der Waals surface area contributed by atoms with Gasteiger partial charge < -0.3 is 9.12 Å². The molecule has 1 N–H and O–H groups in total. The van der Waals surface area contributed by atoms with Crippen LogP contribution in [0.2, 0.25) is 0 Å². The zero-order chi connectivity index (χ0) is 27.2. The molecule has 2 heterocycles. The topological polar surface area (TPSA) is 121 Å². The molecule has 8 nitrogen and oxygen atoms in total. The van der Waals surface area contributed by atoms with Crippen LogP contribution in [0.25, 0.3) is 11.1 Å². The molecule has 0 unspecified atom stereocenters. The molecule has 0 fully saturated rings. The van der Waals surface area contributed by atoms with Crippen LogP contribution in [0.15, 0.2) is 59.8 Å². The number of sulfone groups is 1. The van der Waals surface area contributed by atoms with Crippen LogP contribution in [0, 0.1) is 0 Å². The highest BCUT2D eigenvalue weighted by atomic mass is 32.2. The third kappa shape index (κ3) is 7.38. The van der Waals surface area contributed by atoms with Crippen LogP contribution in [0.4, 0.5) is 0 Å². The molecular weight excluding hydrogens is 510 g/mol. The number of carbonyl (C=O) groups excluding carboxylic acids is 1. The normalized spacial score (nSPS) is 13.3. The minimum atomic E-state index is -3.32. The first kappa shape index (κ1) is 28.8. The minimum absolute atomic E-state index is 0.00432. The summed E-state index contributed by atoms with van der Waals surface area (Å²) in [6, 6.07) is 9.22. The van der Waals surface area contributed by atoms with Crippen molar-refractivity contribution in [2.45, 2.75) is 45.4 Å². The Bertz CT molecular complexity index is 1410. The lowest BCUT2D eigenvalue weighted by Gasteiger charge is -2.21. The van der Waals surface area contributed by atoms with Crippen molar-refractivity contribution in [3.05, 3.63) is 87.6 Å². The first-order valence-corrected chi connectivity index (χ1v) is 15.3. The van der Waals surface area contributed by atoms with E-state index in [1.165, 1.54) is 23.0 Å². The molecule has 2 atom stereocenters. The number of rotatable bonds is 12. The molecule has 0 saturated heterocycles. The van der Waals surface area contributed by atoms with Crippen molar-refractivity contribution >= 4 is 27.0 Å². The monoisotopic (exact) mass is 543 g/mol. The largest absolute Gasteiger partial charge is 0.598 e. The molecule has 3 aromatic rings. The maximum absolute atomic E-state index is 13.5. The van der Waals surface area contributed by atoms with Crippen molar-refractivity contribution < 1.29 is 17.8 Å². The fourth-order valence-corrected chi connectivity index (χ4v) is 6.02. The highest BCUT2D eigenvalue weighted by Crippen LogP contribution is 2.33. The van der Waals surface area contributed by atoms with Crippen LogP contribution >= 0.6 is 0 Å². The van der Waals surface area contributed by atoms with E-state index in [2.05, 4.69) is 9.71 Å². The van der Waals surface area contributed by atoms with Crippen molar-refractivity contribution in [2.24, 2.45) is 7.05 Å². The van der Waals surface area contributed by atoms with Gasteiger partial charge in [0, 0.05) is 65.5 Å². The molecule has 0 aliphatic rings. The number of hydrogen-bond donors (Lipinski definition) is 1. The molecule has 1 aromatic carbocycles. The van der Waals surface area contributed by atoms with Crippen molar-refractivity contribution in [1.29, 1.82) is 0 Å². The van der Waals surface area contributed by atoms with Gasteiger partial charge in [-0.2, -0.15) is 0 Å². The van der Waals surface area contributed by atoms with Gasteiger partial charge in [0.2, 0.25) is 0 Å². The Balaban J connectivity index is 2.20. The number of nitrogens with one attached hydrogen (secondary N) is 1. The summed E-state index contributed by atoms with van der Waals surface area (Å²) in [6.07, 6.45) is 6.41. The van der Waals surface area contributed by atoms with Crippen molar-refractivity contribution in [2.75, 3.05) is 11.5 Å². The summed E-state index contributed by atoms with van der Waals surface area (Å²) < 4.78 is 41.8. The predicted octanol–water partition coefficient (Wildman–Crippen LogP) is 3.73. The van der Waals surface area contributed by atoms with Gasteiger partial charge >= 0.3 is 0 Å². The maximum atomic E-state index is 13.5. The van der Waals surface area contributed by atoms with E-state index in [0.29, 0.717) is 39.1 Å². The molecule has 0 radical (unpaired) electrons. The second kappa shape index (κ2) is 12.6. The number of unbranched alkanes of at least 4 members (excludes halogenated alkanes) is 1. The van der Waals surface area contributed by atoms with Crippen molar-refractivity contribution in [3.8, 4) is 11.1 Å². The average molecular weight is 544 g/mol. The van der Waals surface area contributed by atoms with Crippen LogP contribution in [0.3, 0.4) is 0 Å². The summed E-state index contributed by atoms with van der Waals surface area (Å²) in [5, 5.41) is 0. The average Bonchev–Trinajstić information content (AvgIpc) is 2.88. The van der Waals surface area contributed by atoms with E-state index in [-0.39, 0.29) is 22.8 Å². The summed E-state index contributed by atoms with van der Waals surface area (Å²) in [6.45, 7) is 5.43. The lowest BCUT2D eigenvalue weighted by atomic mass is 9.90. The lowest BCUT2D eigenvalue weighted by molar-refractivity contribution is 0.103. The van der Waals surface area contributed by atoms with E-state index in [1.54, 1.807) is 50.5 Å². The summed E-state index contributed by atoms with van der Waals surface area (Å²) in [4.78, 5) is 30.1. The summed E-state index contributed by atoms with van der Waals surface area (Å²) in [5.74, 6) is 0.0532. The zero-order valence-corrected chi connectivity index (χ0v) is 23.2. The van der Waals surface area contributed by atoms with Gasteiger partial charge in [-0.25, -0.2) is 8.42 Å². The predicted molar refractivity (Wildman–Crippen MR) is 147 cm³/mol. The molecule has 0 aliphatic heterocycles. The number of carbonyl (C=O) groups is 1. The van der Waals surface area contributed by atoms with Gasteiger partial charge in [0.15, 0.2) is 15.6 Å². The minimum Gasteiger partial charge on any atom is -0.598 e. The third-order valence-electron chi connectivity index (χ3n) is 6.11. The Kier molecular flexibility index (Phi) is 9.83. The lowest BCUT2D eigenvalue weighted by Crippen LogP contribution is -2.30. The molecule has 37 heavy (non-hydrogen) atoms. The number of benzene rings is 1. The van der Waals surface area contributed by atoms with Crippen molar-refractivity contribution in [1.82, 2.24) is 14.3 Å². The van der Waals surface area contributed by atoms with Gasteiger partial charge in [-0.05, 0) is 48.2 Å². The number of aryl methyl sites for hydroxylation is 1. The van der Waals surface area contributed by atoms with Crippen LogP contribution in [-0.4, -0.2) is 39.8 Å². The molecule has 10 heteroatoms. The second-order valence-corrected chi connectivity index (χ2v) is 12.6. The Morgan fingerprint density at radius 1 is 1.14 bits per heavy atom. The standard InChI is InChI=1S/C27H33N3O5S2/c1-5-7-14-36(33)29-19(3)23-16-26(31)30(4)17-25(23)24-15-20(18-37(34,35)6-2)8-9-22(24)27(32)21-10-12-28-13-11-21/h8-13,15-17,19,29H,5-7,14,18H2,1-4H3/t19-,36-/m0/s1. The molecular formula is C27H33N3O5S2. The van der Waals surface area contributed by atoms with E-state index >= 15 is 0 Å². The number of pyridine rings is 2. The Morgan fingerprint density at radius 3 is 2.49 bits per heavy atom. The molecule has 2 aromatic heterocycles. The SMILES string of the molecule is CCCC[S@+]([O-])N[C@@H](C)c1cc(=O)n(C)cc1-c1cc(CS(=O)(=O)CC)ccc1C(=O)c1ccncc1. The number of aromatic nitrogens is 2. The summed E-state index contributed by atoms with van der Waals surface area (Å²) >= 11 is -1.30. The molecule has 0 saturated carbocycles. The van der Waals surface area contributed by atoms with E-state index in [0.717, 1.165) is 12.8 Å². The van der Waals surface area contributed by atoms with E-state index in [9.17, 15) is 22.6 Å². The molecule has 0 bridgehead atoms.